The van der Waals surface area contributed by atoms with Crippen LogP contribution in [0.2, 0.25) is 0 Å². The fourth-order valence-electron chi connectivity index (χ4n) is 3.04. The molecule has 2 rings (SSSR count). The summed E-state index contributed by atoms with van der Waals surface area (Å²) < 4.78 is 5.63. The van der Waals surface area contributed by atoms with Crippen LogP contribution >= 0.6 is 0 Å². The van der Waals surface area contributed by atoms with Crippen LogP contribution < -0.4 is 15.8 Å². The van der Waals surface area contributed by atoms with Gasteiger partial charge in [-0.25, -0.2) is 0 Å². The molecule has 1 aliphatic rings. The Morgan fingerprint density at radius 3 is 2.67 bits per heavy atom. The van der Waals surface area contributed by atoms with Crippen LogP contribution in [0.4, 0.5) is 0 Å². The van der Waals surface area contributed by atoms with E-state index in [1.807, 2.05) is 26.0 Å². The van der Waals surface area contributed by atoms with Crippen molar-refractivity contribution in [1.29, 1.82) is 0 Å². The summed E-state index contributed by atoms with van der Waals surface area (Å²) in [6.07, 6.45) is 2.08. The van der Waals surface area contributed by atoms with Gasteiger partial charge in [0.15, 0.2) is 0 Å². The molecule has 0 bridgehead atoms. The normalized spacial score (nSPS) is 21.2. The Labute approximate surface area is 145 Å². The first-order valence-electron chi connectivity index (χ1n) is 8.85. The Morgan fingerprint density at radius 1 is 1.38 bits per heavy atom. The van der Waals surface area contributed by atoms with Gasteiger partial charge in [-0.2, -0.15) is 0 Å². The fraction of sp³-hybridized carbons (Fsp3) is 0.632. The molecule has 1 aliphatic heterocycles. The molecule has 0 aromatic heterocycles. The van der Waals surface area contributed by atoms with Gasteiger partial charge in [0.2, 0.25) is 5.91 Å². The summed E-state index contributed by atoms with van der Waals surface area (Å²) in [5.74, 6) is 0.978. The van der Waals surface area contributed by atoms with Crippen LogP contribution in [0.1, 0.15) is 32.8 Å². The molecule has 1 unspecified atom stereocenters. The van der Waals surface area contributed by atoms with E-state index in [1.165, 1.54) is 5.56 Å². The maximum absolute atomic E-state index is 12.1. The second-order valence-electron chi connectivity index (χ2n) is 7.39. The number of carbonyl (C=O) groups is 1. The minimum absolute atomic E-state index is 0.0935. The molecule has 134 valence electrons. The number of ether oxygens (including phenoxy) is 1. The highest BCUT2D eigenvalue weighted by Gasteiger charge is 2.32. The molecule has 5 heteroatoms. The molecule has 1 heterocycles. The lowest BCUT2D eigenvalue weighted by molar-refractivity contribution is -0.122. The van der Waals surface area contributed by atoms with Crippen molar-refractivity contribution in [3.8, 4) is 5.75 Å². The van der Waals surface area contributed by atoms with Gasteiger partial charge >= 0.3 is 0 Å². The number of nitrogens with one attached hydrogen (secondary N) is 1. The molecular weight excluding hydrogens is 302 g/mol. The maximum Gasteiger partial charge on any atom is 0.234 e. The van der Waals surface area contributed by atoms with Gasteiger partial charge in [0.05, 0.1) is 12.6 Å². The lowest BCUT2D eigenvalue weighted by Crippen LogP contribution is -2.38. The van der Waals surface area contributed by atoms with Gasteiger partial charge in [-0.05, 0) is 62.9 Å². The molecule has 5 nitrogen and oxygen atoms in total. The first kappa shape index (κ1) is 18.7. The Balaban J connectivity index is 1.67. The fourth-order valence-corrected chi connectivity index (χ4v) is 3.04. The summed E-state index contributed by atoms with van der Waals surface area (Å²) in [5, 5.41) is 3.01. The minimum atomic E-state index is 0.0935. The molecule has 1 aromatic rings. The number of hydrogen-bond donors (Lipinski definition) is 2. The largest absolute Gasteiger partial charge is 0.491 e. The van der Waals surface area contributed by atoms with E-state index in [-0.39, 0.29) is 17.4 Å². The first-order valence-corrected chi connectivity index (χ1v) is 8.85. The van der Waals surface area contributed by atoms with E-state index < -0.39 is 0 Å². The Kier molecular flexibility index (Phi) is 6.63. The van der Waals surface area contributed by atoms with Crippen LogP contribution in [0.5, 0.6) is 5.75 Å². The van der Waals surface area contributed by atoms with Crippen LogP contribution in [0, 0.1) is 5.41 Å². The summed E-state index contributed by atoms with van der Waals surface area (Å²) in [5.41, 5.74) is 7.17. The third-order valence-corrected chi connectivity index (χ3v) is 4.53. The van der Waals surface area contributed by atoms with Crippen LogP contribution in [0.25, 0.3) is 0 Å². The minimum Gasteiger partial charge on any atom is -0.491 e. The molecule has 1 fully saturated rings. The number of nitrogens with zero attached hydrogens (tertiary/aromatic N) is 1. The van der Waals surface area contributed by atoms with E-state index in [4.69, 9.17) is 10.5 Å². The molecule has 0 spiro atoms. The van der Waals surface area contributed by atoms with E-state index in [0.717, 1.165) is 31.7 Å². The van der Waals surface area contributed by atoms with Gasteiger partial charge < -0.3 is 15.8 Å². The smallest absolute Gasteiger partial charge is 0.234 e. The van der Waals surface area contributed by atoms with E-state index in [0.29, 0.717) is 19.6 Å². The average Bonchev–Trinajstić information content (AvgIpc) is 2.90. The zero-order valence-corrected chi connectivity index (χ0v) is 15.2. The van der Waals surface area contributed by atoms with Gasteiger partial charge in [0.25, 0.3) is 0 Å². The van der Waals surface area contributed by atoms with Crippen molar-refractivity contribution < 1.29 is 9.53 Å². The van der Waals surface area contributed by atoms with Gasteiger partial charge in [0.1, 0.15) is 5.75 Å². The monoisotopic (exact) mass is 333 g/mol. The number of hydrogen-bond acceptors (Lipinski definition) is 4. The summed E-state index contributed by atoms with van der Waals surface area (Å²) in [6, 6.07) is 8.07. The molecule has 0 radical (unpaired) electrons. The Bertz CT molecular complexity index is 530. The Morgan fingerprint density at radius 2 is 2.08 bits per heavy atom. The van der Waals surface area contributed by atoms with E-state index in [1.54, 1.807) is 0 Å². The first-order chi connectivity index (χ1) is 11.4. The van der Waals surface area contributed by atoms with Crippen LogP contribution in [0.15, 0.2) is 24.3 Å². The number of carbonyl (C=O) groups excluding carboxylic acids is 1. The summed E-state index contributed by atoms with van der Waals surface area (Å²) in [7, 11) is 0. The van der Waals surface area contributed by atoms with Crippen molar-refractivity contribution >= 4 is 5.91 Å². The number of amides is 1. The molecule has 1 aromatic carbocycles. The molecule has 24 heavy (non-hydrogen) atoms. The van der Waals surface area contributed by atoms with Crippen LogP contribution in [-0.4, -0.2) is 49.6 Å². The number of rotatable bonds is 8. The highest BCUT2D eigenvalue weighted by Crippen LogP contribution is 2.27. The molecule has 1 atom stereocenters. The highest BCUT2D eigenvalue weighted by atomic mass is 16.5. The zero-order valence-electron chi connectivity index (χ0n) is 15.2. The predicted octanol–water partition coefficient (Wildman–Crippen LogP) is 1.80. The Hall–Kier alpha value is -1.59. The molecule has 3 N–H and O–H groups in total. The quantitative estimate of drug-likeness (QED) is 0.761. The summed E-state index contributed by atoms with van der Waals surface area (Å²) >= 11 is 0. The second-order valence-corrected chi connectivity index (χ2v) is 7.39. The SMILES string of the molecule is CC(C)Oc1ccc(CCNC(=O)CN2CCC(C)(CN)C2)cc1. The molecule has 0 aliphatic carbocycles. The summed E-state index contributed by atoms with van der Waals surface area (Å²) in [4.78, 5) is 14.3. The third kappa shape index (κ3) is 5.80. The lowest BCUT2D eigenvalue weighted by Gasteiger charge is -2.22. The lowest BCUT2D eigenvalue weighted by atomic mass is 9.90. The second kappa shape index (κ2) is 8.49. The van der Waals surface area contributed by atoms with E-state index >= 15 is 0 Å². The van der Waals surface area contributed by atoms with E-state index in [2.05, 4.69) is 29.3 Å². The van der Waals surface area contributed by atoms with Gasteiger partial charge in [-0.1, -0.05) is 19.1 Å². The standard InChI is InChI=1S/C19H31N3O2/c1-15(2)24-17-6-4-16(5-7-17)8-10-21-18(23)12-22-11-9-19(3,13-20)14-22/h4-7,15H,8-14,20H2,1-3H3,(H,21,23). The van der Waals surface area contributed by atoms with E-state index in [9.17, 15) is 4.79 Å². The molecule has 0 saturated carbocycles. The third-order valence-electron chi connectivity index (χ3n) is 4.53. The van der Waals surface area contributed by atoms with Crippen LogP contribution in [0.3, 0.4) is 0 Å². The van der Waals surface area contributed by atoms with Crippen molar-refractivity contribution in [1.82, 2.24) is 10.2 Å². The van der Waals surface area contributed by atoms with Gasteiger partial charge in [-0.3, -0.25) is 9.69 Å². The van der Waals surface area contributed by atoms with Crippen molar-refractivity contribution in [3.63, 3.8) is 0 Å². The molecular formula is C19H31N3O2. The molecule has 1 saturated heterocycles. The number of nitrogens with two attached hydrogens (primary N) is 1. The number of likely N-dealkylation sites (tertiary alicyclic amines) is 1. The molecule has 1 amide bonds. The maximum atomic E-state index is 12.1. The zero-order chi connectivity index (χ0) is 17.6. The van der Waals surface area contributed by atoms with Crippen molar-refractivity contribution in [2.45, 2.75) is 39.7 Å². The number of benzene rings is 1. The van der Waals surface area contributed by atoms with Crippen LogP contribution in [-0.2, 0) is 11.2 Å². The van der Waals surface area contributed by atoms with Crippen molar-refractivity contribution in [2.75, 3.05) is 32.7 Å². The van der Waals surface area contributed by atoms with Gasteiger partial charge in [-0.15, -0.1) is 0 Å². The van der Waals surface area contributed by atoms with Crippen molar-refractivity contribution in [2.24, 2.45) is 11.1 Å². The summed E-state index contributed by atoms with van der Waals surface area (Å²) in [6.45, 7) is 9.90. The highest BCUT2D eigenvalue weighted by molar-refractivity contribution is 5.78. The average molecular weight is 333 g/mol. The van der Waals surface area contributed by atoms with Crippen molar-refractivity contribution in [3.05, 3.63) is 29.8 Å². The predicted molar refractivity (Wildman–Crippen MR) is 97.1 cm³/mol. The van der Waals surface area contributed by atoms with Gasteiger partial charge in [0, 0.05) is 13.1 Å². The topological polar surface area (TPSA) is 67.6 Å².